The van der Waals surface area contributed by atoms with Crippen LogP contribution in [0.2, 0.25) is 0 Å². The fourth-order valence-electron chi connectivity index (χ4n) is 3.72. The van der Waals surface area contributed by atoms with E-state index in [2.05, 4.69) is 15.6 Å². The Labute approximate surface area is 203 Å². The number of nitrogens with zero attached hydrogens (tertiary/aromatic N) is 2. The third-order valence-corrected chi connectivity index (χ3v) is 5.82. The summed E-state index contributed by atoms with van der Waals surface area (Å²) in [6.07, 6.45) is -2.75. The number of carbonyl (C=O) groups excluding carboxylic acids is 2. The number of halogens is 3. The molecule has 5 rings (SSSR count). The van der Waals surface area contributed by atoms with Crippen molar-refractivity contribution >= 4 is 34.5 Å². The molecule has 1 aliphatic rings. The highest BCUT2D eigenvalue weighted by molar-refractivity contribution is 6.04. The van der Waals surface area contributed by atoms with Crippen molar-refractivity contribution in [2.45, 2.75) is 19.0 Å². The topological polar surface area (TPSA) is 85.2 Å². The first-order valence-electron chi connectivity index (χ1n) is 11.2. The summed E-state index contributed by atoms with van der Waals surface area (Å²) in [4.78, 5) is 29.1. The Morgan fingerprint density at radius 3 is 2.47 bits per heavy atom. The number of amides is 2. The van der Waals surface area contributed by atoms with E-state index in [1.807, 2.05) is 0 Å². The Morgan fingerprint density at radius 2 is 1.72 bits per heavy atom. The standard InChI is InChI=1S/C26H21F3N4O3/c1-33-22-14-20(10-11-21(22)31-25(33)32-23(34)15-8-9-15)36-19-7-3-6-18(13-19)30-24(35)16-4-2-5-17(12-16)26(27,28)29/h2-7,10-15H,8-9H2,1H3,(H,30,35)(H,31,32,34). The van der Waals surface area contributed by atoms with Crippen LogP contribution in [0.15, 0.2) is 66.7 Å². The van der Waals surface area contributed by atoms with Gasteiger partial charge in [-0.05, 0) is 55.3 Å². The van der Waals surface area contributed by atoms with Gasteiger partial charge in [0.2, 0.25) is 11.9 Å². The smallest absolute Gasteiger partial charge is 0.416 e. The lowest BCUT2D eigenvalue weighted by Crippen LogP contribution is -2.16. The number of hydrogen-bond acceptors (Lipinski definition) is 4. The van der Waals surface area contributed by atoms with Gasteiger partial charge in [0, 0.05) is 36.3 Å². The molecule has 1 saturated carbocycles. The molecule has 0 atom stereocenters. The molecule has 0 unspecified atom stereocenters. The Morgan fingerprint density at radius 1 is 0.972 bits per heavy atom. The normalized spacial score (nSPS) is 13.4. The second kappa shape index (κ2) is 9.03. The molecule has 1 aromatic heterocycles. The zero-order chi connectivity index (χ0) is 25.4. The summed E-state index contributed by atoms with van der Waals surface area (Å²) in [5, 5.41) is 5.45. The summed E-state index contributed by atoms with van der Waals surface area (Å²) < 4.78 is 46.6. The van der Waals surface area contributed by atoms with Crippen molar-refractivity contribution in [3.63, 3.8) is 0 Å². The predicted molar refractivity (Wildman–Crippen MR) is 128 cm³/mol. The number of ether oxygens (including phenoxy) is 1. The monoisotopic (exact) mass is 494 g/mol. The third kappa shape index (κ3) is 5.02. The highest BCUT2D eigenvalue weighted by atomic mass is 19.4. The van der Waals surface area contributed by atoms with E-state index in [0.29, 0.717) is 28.7 Å². The fourth-order valence-corrected chi connectivity index (χ4v) is 3.72. The molecule has 2 N–H and O–H groups in total. The van der Waals surface area contributed by atoms with E-state index in [-0.39, 0.29) is 17.4 Å². The second-order valence-electron chi connectivity index (χ2n) is 8.57. The van der Waals surface area contributed by atoms with Crippen LogP contribution in [0.1, 0.15) is 28.8 Å². The summed E-state index contributed by atoms with van der Waals surface area (Å²) in [5.41, 5.74) is 0.808. The Balaban J connectivity index is 1.31. The molecule has 10 heteroatoms. The molecule has 2 amide bonds. The van der Waals surface area contributed by atoms with E-state index in [4.69, 9.17) is 4.74 Å². The molecule has 0 radical (unpaired) electrons. The lowest BCUT2D eigenvalue weighted by Gasteiger charge is -2.11. The van der Waals surface area contributed by atoms with Crippen LogP contribution in [-0.2, 0) is 18.0 Å². The third-order valence-electron chi connectivity index (χ3n) is 5.82. The van der Waals surface area contributed by atoms with E-state index < -0.39 is 17.6 Å². The average molecular weight is 494 g/mol. The van der Waals surface area contributed by atoms with Crippen molar-refractivity contribution in [2.75, 3.05) is 10.6 Å². The number of nitrogens with one attached hydrogen (secondary N) is 2. The van der Waals surface area contributed by atoms with Gasteiger partial charge in [-0.15, -0.1) is 0 Å². The van der Waals surface area contributed by atoms with Gasteiger partial charge in [-0.25, -0.2) is 4.98 Å². The summed E-state index contributed by atoms with van der Waals surface area (Å²) >= 11 is 0. The molecule has 0 aliphatic heterocycles. The van der Waals surface area contributed by atoms with Crippen molar-refractivity contribution in [1.29, 1.82) is 0 Å². The quantitative estimate of drug-likeness (QED) is 0.345. The van der Waals surface area contributed by atoms with Gasteiger partial charge in [0.1, 0.15) is 11.5 Å². The van der Waals surface area contributed by atoms with Crippen LogP contribution < -0.4 is 15.4 Å². The molecular formula is C26H21F3N4O3. The molecule has 7 nitrogen and oxygen atoms in total. The van der Waals surface area contributed by atoms with Gasteiger partial charge >= 0.3 is 6.18 Å². The van der Waals surface area contributed by atoms with Crippen LogP contribution in [0.25, 0.3) is 11.0 Å². The number of carbonyl (C=O) groups is 2. The number of benzene rings is 3. The largest absolute Gasteiger partial charge is 0.457 e. The molecule has 1 fully saturated rings. The van der Waals surface area contributed by atoms with E-state index >= 15 is 0 Å². The minimum atomic E-state index is -4.54. The van der Waals surface area contributed by atoms with Gasteiger partial charge in [0.15, 0.2) is 0 Å². The van der Waals surface area contributed by atoms with Crippen molar-refractivity contribution < 1.29 is 27.5 Å². The molecular weight excluding hydrogens is 473 g/mol. The number of anilines is 2. The minimum Gasteiger partial charge on any atom is -0.457 e. The van der Waals surface area contributed by atoms with E-state index in [1.165, 1.54) is 12.1 Å². The Bertz CT molecular complexity index is 1480. The van der Waals surface area contributed by atoms with Crippen molar-refractivity contribution in [3.05, 3.63) is 77.9 Å². The lowest BCUT2D eigenvalue weighted by molar-refractivity contribution is -0.137. The van der Waals surface area contributed by atoms with Crippen LogP contribution in [0, 0.1) is 5.92 Å². The van der Waals surface area contributed by atoms with Gasteiger partial charge in [0.05, 0.1) is 16.6 Å². The number of alkyl halides is 3. The highest BCUT2D eigenvalue weighted by Crippen LogP contribution is 2.32. The van der Waals surface area contributed by atoms with Crippen LogP contribution in [0.3, 0.4) is 0 Å². The number of aryl methyl sites for hydroxylation is 1. The number of fused-ring (bicyclic) bond motifs is 1. The molecule has 184 valence electrons. The molecule has 0 spiro atoms. The van der Waals surface area contributed by atoms with E-state index in [0.717, 1.165) is 30.5 Å². The average Bonchev–Trinajstić information content (AvgIpc) is 3.65. The maximum atomic E-state index is 13.0. The van der Waals surface area contributed by atoms with E-state index in [1.54, 1.807) is 54.1 Å². The predicted octanol–water partition coefficient (Wildman–Crippen LogP) is 5.99. The molecule has 1 heterocycles. The van der Waals surface area contributed by atoms with Crippen LogP contribution in [0.5, 0.6) is 11.5 Å². The Kier molecular flexibility index (Phi) is 5.87. The van der Waals surface area contributed by atoms with E-state index in [9.17, 15) is 22.8 Å². The molecule has 0 bridgehead atoms. The van der Waals surface area contributed by atoms with Crippen LogP contribution >= 0.6 is 0 Å². The summed E-state index contributed by atoms with van der Waals surface area (Å²) in [6, 6.07) is 16.0. The summed E-state index contributed by atoms with van der Waals surface area (Å²) in [6.45, 7) is 0. The van der Waals surface area contributed by atoms with Gasteiger partial charge in [-0.1, -0.05) is 12.1 Å². The maximum Gasteiger partial charge on any atom is 0.416 e. The highest BCUT2D eigenvalue weighted by Gasteiger charge is 2.31. The number of hydrogen-bond donors (Lipinski definition) is 2. The number of aromatic nitrogens is 2. The second-order valence-corrected chi connectivity index (χ2v) is 8.57. The van der Waals surface area contributed by atoms with Gasteiger partial charge in [-0.2, -0.15) is 13.2 Å². The van der Waals surface area contributed by atoms with Crippen molar-refractivity contribution in [1.82, 2.24) is 9.55 Å². The molecule has 1 aliphatic carbocycles. The SMILES string of the molecule is Cn1c(NC(=O)C2CC2)nc2ccc(Oc3cccc(NC(=O)c4cccc(C(F)(F)F)c4)c3)cc21. The lowest BCUT2D eigenvalue weighted by atomic mass is 10.1. The minimum absolute atomic E-state index is 0.0334. The zero-order valence-corrected chi connectivity index (χ0v) is 19.1. The maximum absolute atomic E-state index is 13.0. The molecule has 36 heavy (non-hydrogen) atoms. The van der Waals surface area contributed by atoms with Gasteiger partial charge < -0.3 is 14.6 Å². The van der Waals surface area contributed by atoms with Crippen LogP contribution in [0.4, 0.5) is 24.8 Å². The van der Waals surface area contributed by atoms with Crippen molar-refractivity contribution in [3.8, 4) is 11.5 Å². The number of imidazole rings is 1. The number of rotatable bonds is 6. The van der Waals surface area contributed by atoms with Gasteiger partial charge in [0.25, 0.3) is 5.91 Å². The van der Waals surface area contributed by atoms with Crippen molar-refractivity contribution in [2.24, 2.45) is 13.0 Å². The molecule has 3 aromatic carbocycles. The first-order chi connectivity index (χ1) is 17.2. The van der Waals surface area contributed by atoms with Gasteiger partial charge in [-0.3, -0.25) is 14.9 Å². The Hall–Kier alpha value is -4.34. The summed E-state index contributed by atoms with van der Waals surface area (Å²) in [7, 11) is 1.80. The first kappa shape index (κ1) is 23.4. The summed E-state index contributed by atoms with van der Waals surface area (Å²) in [5.74, 6) is 0.736. The first-order valence-corrected chi connectivity index (χ1v) is 11.2. The fraction of sp³-hybridized carbons (Fsp3) is 0.192. The zero-order valence-electron chi connectivity index (χ0n) is 19.1. The van der Waals surface area contributed by atoms with Crippen LogP contribution in [-0.4, -0.2) is 21.4 Å². The molecule has 4 aromatic rings. The molecule has 0 saturated heterocycles.